The van der Waals surface area contributed by atoms with Gasteiger partial charge in [0.15, 0.2) is 0 Å². The van der Waals surface area contributed by atoms with E-state index in [0.29, 0.717) is 42.7 Å². The Morgan fingerprint density at radius 1 is 1.30 bits per heavy atom. The fraction of sp³-hybridized carbons (Fsp3) is 0.588. The second-order valence-corrected chi connectivity index (χ2v) is 5.76. The van der Waals surface area contributed by atoms with Gasteiger partial charge in [-0.1, -0.05) is 24.9 Å². The minimum absolute atomic E-state index is 0.176. The van der Waals surface area contributed by atoms with Crippen LogP contribution in [0, 0.1) is 0 Å². The molecule has 0 saturated carbocycles. The number of rotatable bonds is 10. The van der Waals surface area contributed by atoms with E-state index in [9.17, 15) is 4.79 Å². The predicted octanol–water partition coefficient (Wildman–Crippen LogP) is 3.90. The third kappa shape index (κ3) is 6.01. The number of nitrogens with one attached hydrogen (secondary N) is 1. The number of halogens is 1. The molecule has 1 rings (SSSR count). The smallest absolute Gasteiger partial charge is 0.256 e. The topological polar surface area (TPSA) is 56.8 Å². The lowest BCUT2D eigenvalue weighted by molar-refractivity contribution is -0.139. The van der Waals surface area contributed by atoms with E-state index in [-0.39, 0.29) is 5.91 Å². The summed E-state index contributed by atoms with van der Waals surface area (Å²) >= 11 is 6.18. The molecule has 0 heterocycles. The van der Waals surface area contributed by atoms with Crippen LogP contribution in [0.2, 0.25) is 5.02 Å². The van der Waals surface area contributed by atoms with Crippen LogP contribution in [0.5, 0.6) is 5.75 Å². The Bertz CT molecular complexity index is 501. The van der Waals surface area contributed by atoms with E-state index >= 15 is 0 Å². The molecular weight excluding hydrogens is 318 g/mol. The molecule has 1 N–H and O–H groups in total. The highest BCUT2D eigenvalue weighted by atomic mass is 35.5. The Balaban J connectivity index is 2.76. The van der Waals surface area contributed by atoms with Crippen molar-refractivity contribution in [1.82, 2.24) is 0 Å². The van der Waals surface area contributed by atoms with E-state index in [0.717, 1.165) is 6.42 Å². The molecular formula is C17H26ClNO4. The van der Waals surface area contributed by atoms with Crippen LogP contribution in [0.15, 0.2) is 18.2 Å². The monoisotopic (exact) mass is 343 g/mol. The minimum Gasteiger partial charge on any atom is -0.490 e. The molecule has 0 aliphatic heterocycles. The van der Waals surface area contributed by atoms with Crippen LogP contribution in [0.25, 0.3) is 0 Å². The normalized spacial score (nSPS) is 13.4. The van der Waals surface area contributed by atoms with Gasteiger partial charge in [0.2, 0.25) is 0 Å². The highest BCUT2D eigenvalue weighted by Gasteiger charge is 2.33. The van der Waals surface area contributed by atoms with Crippen LogP contribution < -0.4 is 10.1 Å². The predicted molar refractivity (Wildman–Crippen MR) is 92.4 cm³/mol. The maximum atomic E-state index is 12.5. The Morgan fingerprint density at radius 3 is 2.61 bits per heavy atom. The summed E-state index contributed by atoms with van der Waals surface area (Å²) in [5.74, 6) is 0.383. The van der Waals surface area contributed by atoms with Gasteiger partial charge in [-0.05, 0) is 38.5 Å². The van der Waals surface area contributed by atoms with E-state index in [4.69, 9.17) is 25.8 Å². The lowest BCUT2D eigenvalue weighted by Gasteiger charge is -2.27. The van der Waals surface area contributed by atoms with Gasteiger partial charge in [0.1, 0.15) is 18.0 Å². The lowest BCUT2D eigenvalue weighted by atomic mass is 9.99. The number of hydrogen-bond donors (Lipinski definition) is 1. The fourth-order valence-corrected chi connectivity index (χ4v) is 2.48. The molecule has 5 nitrogen and oxygen atoms in total. The van der Waals surface area contributed by atoms with Crippen LogP contribution in [0.3, 0.4) is 0 Å². The van der Waals surface area contributed by atoms with Crippen molar-refractivity contribution < 1.29 is 19.0 Å². The molecule has 1 atom stereocenters. The first kappa shape index (κ1) is 19.7. The van der Waals surface area contributed by atoms with Crippen molar-refractivity contribution in [1.29, 1.82) is 0 Å². The van der Waals surface area contributed by atoms with E-state index in [1.807, 2.05) is 13.8 Å². The number of hydrogen-bond acceptors (Lipinski definition) is 4. The van der Waals surface area contributed by atoms with Gasteiger partial charge in [-0.25, -0.2) is 0 Å². The molecule has 23 heavy (non-hydrogen) atoms. The number of ether oxygens (including phenoxy) is 3. The van der Waals surface area contributed by atoms with E-state index < -0.39 is 5.60 Å². The molecule has 130 valence electrons. The van der Waals surface area contributed by atoms with Gasteiger partial charge in [-0.15, -0.1) is 0 Å². The maximum absolute atomic E-state index is 12.5. The first-order valence-corrected chi connectivity index (χ1v) is 8.21. The Hall–Kier alpha value is -1.30. The van der Waals surface area contributed by atoms with Crippen molar-refractivity contribution >= 4 is 23.2 Å². The molecule has 0 aliphatic rings. The number of methoxy groups -OCH3 is 1. The van der Waals surface area contributed by atoms with E-state index in [2.05, 4.69) is 5.32 Å². The summed E-state index contributed by atoms with van der Waals surface area (Å²) in [5, 5.41) is 3.30. The maximum Gasteiger partial charge on any atom is 0.256 e. The van der Waals surface area contributed by atoms with Gasteiger partial charge in [-0.2, -0.15) is 0 Å². The van der Waals surface area contributed by atoms with Gasteiger partial charge in [-0.3, -0.25) is 4.79 Å². The van der Waals surface area contributed by atoms with Gasteiger partial charge < -0.3 is 19.5 Å². The number of carbonyl (C=O) groups excluding carboxylic acids is 1. The summed E-state index contributed by atoms with van der Waals surface area (Å²) in [6.45, 7) is 7.09. The lowest BCUT2D eigenvalue weighted by Crippen LogP contribution is -2.42. The molecule has 6 heteroatoms. The standard InChI is InChI=1S/C17H26ClNO4/c1-5-9-17(3,23-6-2)16(20)19-13-7-8-15(14(18)12-13)22-11-10-21-4/h7-8,12H,5-6,9-11H2,1-4H3,(H,19,20)/t17-/m1/s1. The van der Waals surface area contributed by atoms with Crippen LogP contribution >= 0.6 is 11.6 Å². The van der Waals surface area contributed by atoms with Crippen LogP contribution in [-0.2, 0) is 14.3 Å². The average molecular weight is 344 g/mol. The Kier molecular flexibility index (Phi) is 8.37. The SMILES string of the molecule is CCC[C@@](C)(OCC)C(=O)Nc1ccc(OCCOC)c(Cl)c1. The van der Waals surface area contributed by atoms with Crippen molar-refractivity contribution in [2.24, 2.45) is 0 Å². The summed E-state index contributed by atoms with van der Waals surface area (Å²) in [6.07, 6.45) is 1.51. The summed E-state index contributed by atoms with van der Waals surface area (Å²) in [5.41, 5.74) is -0.231. The fourth-order valence-electron chi connectivity index (χ4n) is 2.24. The molecule has 0 saturated heterocycles. The summed E-state index contributed by atoms with van der Waals surface area (Å²) in [6, 6.07) is 5.15. The van der Waals surface area contributed by atoms with Crippen molar-refractivity contribution in [3.8, 4) is 5.75 Å². The number of benzene rings is 1. The van der Waals surface area contributed by atoms with Crippen LogP contribution in [-0.4, -0.2) is 38.4 Å². The summed E-state index contributed by atoms with van der Waals surface area (Å²) in [7, 11) is 1.61. The Labute approximate surface area is 143 Å². The first-order chi connectivity index (χ1) is 11.0. The quantitative estimate of drug-likeness (QED) is 0.655. The van der Waals surface area contributed by atoms with Gasteiger partial charge >= 0.3 is 0 Å². The number of anilines is 1. The second kappa shape index (κ2) is 9.75. The molecule has 0 fully saturated rings. The van der Waals surface area contributed by atoms with E-state index in [1.54, 1.807) is 32.2 Å². The van der Waals surface area contributed by atoms with Gasteiger partial charge in [0.25, 0.3) is 5.91 Å². The molecule has 0 bridgehead atoms. The Morgan fingerprint density at radius 2 is 2.04 bits per heavy atom. The largest absolute Gasteiger partial charge is 0.490 e. The third-order valence-electron chi connectivity index (χ3n) is 3.41. The first-order valence-electron chi connectivity index (χ1n) is 7.83. The molecule has 0 aliphatic carbocycles. The number of carbonyl (C=O) groups is 1. The van der Waals surface area contributed by atoms with E-state index in [1.165, 1.54) is 0 Å². The zero-order valence-electron chi connectivity index (χ0n) is 14.3. The third-order valence-corrected chi connectivity index (χ3v) is 3.70. The second-order valence-electron chi connectivity index (χ2n) is 5.35. The summed E-state index contributed by atoms with van der Waals surface area (Å²) in [4.78, 5) is 12.5. The minimum atomic E-state index is -0.844. The van der Waals surface area contributed by atoms with Crippen LogP contribution in [0.4, 0.5) is 5.69 Å². The molecule has 1 aromatic carbocycles. The number of amides is 1. The average Bonchev–Trinajstić information content (AvgIpc) is 2.50. The van der Waals surface area contributed by atoms with Gasteiger partial charge in [0.05, 0.1) is 11.6 Å². The molecule has 0 spiro atoms. The van der Waals surface area contributed by atoms with Crippen LogP contribution in [0.1, 0.15) is 33.6 Å². The van der Waals surface area contributed by atoms with Crippen molar-refractivity contribution in [2.75, 3.05) is 32.2 Å². The molecule has 1 amide bonds. The van der Waals surface area contributed by atoms with Gasteiger partial charge in [0, 0.05) is 19.4 Å². The van der Waals surface area contributed by atoms with Crippen molar-refractivity contribution in [3.05, 3.63) is 23.2 Å². The van der Waals surface area contributed by atoms with Crippen molar-refractivity contribution in [3.63, 3.8) is 0 Å². The molecule has 0 radical (unpaired) electrons. The molecule has 0 unspecified atom stereocenters. The zero-order chi connectivity index (χ0) is 17.3. The zero-order valence-corrected chi connectivity index (χ0v) is 15.0. The molecule has 1 aromatic rings. The highest BCUT2D eigenvalue weighted by Crippen LogP contribution is 2.29. The van der Waals surface area contributed by atoms with Crippen molar-refractivity contribution in [2.45, 2.75) is 39.2 Å². The highest BCUT2D eigenvalue weighted by molar-refractivity contribution is 6.32. The summed E-state index contributed by atoms with van der Waals surface area (Å²) < 4.78 is 16.1. The molecule has 0 aromatic heterocycles.